The maximum absolute atomic E-state index is 13.5. The fraction of sp³-hybridized carbons (Fsp3) is 0.407. The number of aliphatic hydroxyl groups excluding tert-OH is 2. The Kier molecular flexibility index (Phi) is 8.50. The number of aromatic nitrogens is 3. The highest BCUT2D eigenvalue weighted by molar-refractivity contribution is 5.89. The van der Waals surface area contributed by atoms with E-state index in [1.165, 1.54) is 9.58 Å². The molecule has 5 atom stereocenters. The molecule has 11 heteroatoms. The molecule has 4 rings (SSSR count). The average Bonchev–Trinajstić information content (AvgIpc) is 3.49. The summed E-state index contributed by atoms with van der Waals surface area (Å²) in [5.74, 6) is -2.24. The molecule has 10 nitrogen and oxygen atoms in total. The molecule has 1 saturated heterocycles. The van der Waals surface area contributed by atoms with Crippen molar-refractivity contribution >= 4 is 11.8 Å². The Labute approximate surface area is 220 Å². The molecule has 5 N–H and O–H groups in total. The molecule has 0 spiro atoms. The average molecular weight is 525 g/mol. The number of benzene rings is 2. The topological polar surface area (TPSA) is 147 Å². The molecule has 2 heterocycles. The molecule has 3 aromatic rings. The Morgan fingerprint density at radius 3 is 2.37 bits per heavy atom. The zero-order chi connectivity index (χ0) is 27.4. The van der Waals surface area contributed by atoms with E-state index in [1.54, 1.807) is 0 Å². The van der Waals surface area contributed by atoms with Crippen LogP contribution < -0.4 is 11.1 Å². The van der Waals surface area contributed by atoms with E-state index >= 15 is 0 Å². The van der Waals surface area contributed by atoms with Crippen molar-refractivity contribution in [2.75, 3.05) is 6.54 Å². The van der Waals surface area contributed by atoms with Crippen LogP contribution in [0, 0.1) is 11.9 Å². The van der Waals surface area contributed by atoms with Gasteiger partial charge >= 0.3 is 0 Å². The lowest BCUT2D eigenvalue weighted by atomic mass is 9.99. The van der Waals surface area contributed by atoms with Crippen LogP contribution in [0.3, 0.4) is 0 Å². The highest BCUT2D eigenvalue weighted by Gasteiger charge is 2.44. The summed E-state index contributed by atoms with van der Waals surface area (Å²) in [5, 5.41) is 31.3. The lowest BCUT2D eigenvalue weighted by Crippen LogP contribution is -2.55. The Hall–Kier alpha value is -3.67. The molecule has 2 amide bonds. The van der Waals surface area contributed by atoms with Crippen molar-refractivity contribution in [3.8, 4) is 11.1 Å². The first-order chi connectivity index (χ1) is 18.1. The van der Waals surface area contributed by atoms with Gasteiger partial charge in [-0.2, -0.15) is 4.39 Å². The summed E-state index contributed by atoms with van der Waals surface area (Å²) in [4.78, 5) is 27.0. The number of rotatable bonds is 10. The molecule has 2 aromatic carbocycles. The molecule has 0 saturated carbocycles. The van der Waals surface area contributed by atoms with Gasteiger partial charge in [-0.15, -0.1) is 0 Å². The first kappa shape index (κ1) is 27.4. The van der Waals surface area contributed by atoms with E-state index in [9.17, 15) is 24.2 Å². The highest BCUT2D eigenvalue weighted by Crippen LogP contribution is 2.30. The molecule has 0 bridgehead atoms. The van der Waals surface area contributed by atoms with Gasteiger partial charge in [-0.1, -0.05) is 78.8 Å². The first-order valence-corrected chi connectivity index (χ1v) is 12.6. The van der Waals surface area contributed by atoms with Crippen molar-refractivity contribution in [3.63, 3.8) is 0 Å². The van der Waals surface area contributed by atoms with Gasteiger partial charge in [0.25, 0.3) is 5.95 Å². The van der Waals surface area contributed by atoms with Crippen LogP contribution in [-0.2, 0) is 16.0 Å². The third-order valence-electron chi connectivity index (χ3n) is 6.90. The molecule has 202 valence electrons. The van der Waals surface area contributed by atoms with Gasteiger partial charge in [0.15, 0.2) is 0 Å². The van der Waals surface area contributed by atoms with Crippen molar-refractivity contribution in [3.05, 3.63) is 72.3 Å². The van der Waals surface area contributed by atoms with Crippen LogP contribution in [-0.4, -0.2) is 72.9 Å². The molecule has 1 unspecified atom stereocenters. The van der Waals surface area contributed by atoms with E-state index in [0.717, 1.165) is 22.9 Å². The van der Waals surface area contributed by atoms with Crippen LogP contribution in [0.1, 0.15) is 31.9 Å². The van der Waals surface area contributed by atoms with Crippen molar-refractivity contribution in [1.82, 2.24) is 25.2 Å². The van der Waals surface area contributed by atoms with E-state index in [-0.39, 0.29) is 25.3 Å². The minimum atomic E-state index is -1.28. The van der Waals surface area contributed by atoms with Gasteiger partial charge in [-0.05, 0) is 29.0 Å². The number of aliphatic hydroxyl groups is 2. The number of nitrogens with one attached hydrogen (secondary N) is 1. The zero-order valence-corrected chi connectivity index (χ0v) is 21.3. The Bertz CT molecular complexity index is 1240. The number of hydrogen-bond donors (Lipinski definition) is 4. The number of halogens is 1. The molecule has 0 radical (unpaired) electrons. The smallest absolute Gasteiger partial charge is 0.252 e. The number of nitrogens with two attached hydrogens (primary N) is 1. The number of carbonyl (C=O) groups is 2. The van der Waals surface area contributed by atoms with Crippen LogP contribution in [0.25, 0.3) is 11.1 Å². The van der Waals surface area contributed by atoms with E-state index in [4.69, 9.17) is 5.73 Å². The van der Waals surface area contributed by atoms with Gasteiger partial charge < -0.3 is 21.3 Å². The first-order valence-electron chi connectivity index (χ1n) is 12.6. The molecule has 0 aliphatic carbocycles. The Morgan fingerprint density at radius 2 is 1.79 bits per heavy atom. The number of amides is 2. The summed E-state index contributed by atoms with van der Waals surface area (Å²) < 4.78 is 14.7. The SMILES string of the molecule is CC(C)[C@@H](C(O)N1C[C@H](O)C[C@H]1C(=O)N[C@H](Cc1ccc(-c2ccccc2)cc1)C(N)=O)n1cc(F)nn1. The maximum Gasteiger partial charge on any atom is 0.252 e. The lowest BCUT2D eigenvalue weighted by molar-refractivity contribution is -0.135. The molecule has 1 aliphatic heterocycles. The molecular weight excluding hydrogens is 491 g/mol. The van der Waals surface area contributed by atoms with E-state index < -0.39 is 48.2 Å². The summed E-state index contributed by atoms with van der Waals surface area (Å²) in [5.41, 5.74) is 8.51. The quantitative estimate of drug-likeness (QED) is 0.312. The van der Waals surface area contributed by atoms with Gasteiger partial charge in [0, 0.05) is 13.0 Å². The van der Waals surface area contributed by atoms with Gasteiger partial charge in [0.2, 0.25) is 11.8 Å². The minimum Gasteiger partial charge on any atom is -0.392 e. The fourth-order valence-electron chi connectivity index (χ4n) is 4.96. The lowest BCUT2D eigenvalue weighted by Gasteiger charge is -2.35. The van der Waals surface area contributed by atoms with Crippen molar-refractivity contribution in [2.24, 2.45) is 11.7 Å². The van der Waals surface area contributed by atoms with Gasteiger partial charge in [-0.25, -0.2) is 4.68 Å². The number of β-amino-alcohol motifs (C(OH)–C–C–N with tert-alkyl or cyclic N) is 1. The number of nitrogens with zero attached hydrogens (tertiary/aromatic N) is 4. The molecule has 1 aromatic heterocycles. The normalized spacial score (nSPS) is 20.3. The van der Waals surface area contributed by atoms with Crippen LogP contribution in [0.4, 0.5) is 4.39 Å². The van der Waals surface area contributed by atoms with Crippen LogP contribution in [0.15, 0.2) is 60.8 Å². The second kappa shape index (κ2) is 11.8. The molecule has 38 heavy (non-hydrogen) atoms. The second-order valence-corrected chi connectivity index (χ2v) is 10.0. The number of likely N-dealkylation sites (tertiary alicyclic amines) is 1. The van der Waals surface area contributed by atoms with Crippen LogP contribution >= 0.6 is 0 Å². The summed E-state index contributed by atoms with van der Waals surface area (Å²) >= 11 is 0. The van der Waals surface area contributed by atoms with Crippen molar-refractivity contribution in [2.45, 2.75) is 57.1 Å². The maximum atomic E-state index is 13.5. The van der Waals surface area contributed by atoms with Gasteiger partial charge in [0.1, 0.15) is 12.3 Å². The summed E-state index contributed by atoms with van der Waals surface area (Å²) in [7, 11) is 0. The van der Waals surface area contributed by atoms with Gasteiger partial charge in [-0.3, -0.25) is 14.5 Å². The van der Waals surface area contributed by atoms with E-state index in [1.807, 2.05) is 68.4 Å². The third kappa shape index (κ3) is 6.24. The van der Waals surface area contributed by atoms with E-state index in [2.05, 4.69) is 15.6 Å². The predicted molar refractivity (Wildman–Crippen MR) is 138 cm³/mol. The summed E-state index contributed by atoms with van der Waals surface area (Å²) in [6.07, 6.45) is -0.848. The Balaban J connectivity index is 1.47. The third-order valence-corrected chi connectivity index (χ3v) is 6.90. The van der Waals surface area contributed by atoms with Crippen LogP contribution in [0.5, 0.6) is 0 Å². The highest BCUT2D eigenvalue weighted by atomic mass is 19.1. The Morgan fingerprint density at radius 1 is 1.13 bits per heavy atom. The number of carbonyl (C=O) groups excluding carboxylic acids is 2. The zero-order valence-electron chi connectivity index (χ0n) is 21.3. The van der Waals surface area contributed by atoms with Crippen molar-refractivity contribution in [1.29, 1.82) is 0 Å². The van der Waals surface area contributed by atoms with Gasteiger partial charge in [0.05, 0.1) is 24.4 Å². The summed E-state index contributed by atoms with van der Waals surface area (Å²) in [6, 6.07) is 14.8. The second-order valence-electron chi connectivity index (χ2n) is 10.0. The standard InChI is InChI=1S/C27H33FN6O4/c1-16(2)24(34-15-23(28)31-32-34)27(38)33-14-20(35)13-22(33)26(37)30-21(25(29)36)12-17-8-10-19(11-9-17)18-6-4-3-5-7-18/h3-11,15-16,20-22,24,27,35,38H,12-14H2,1-2H3,(H2,29,36)(H,30,37)/t20-,21-,22+,24+,27?/m1/s1. The minimum absolute atomic E-state index is 0.0157. The number of hydrogen-bond acceptors (Lipinski definition) is 7. The van der Waals surface area contributed by atoms with Crippen LogP contribution in [0.2, 0.25) is 0 Å². The molecule has 1 fully saturated rings. The molecule has 1 aliphatic rings. The summed E-state index contributed by atoms with van der Waals surface area (Å²) in [6.45, 7) is 3.66. The van der Waals surface area contributed by atoms with Crippen molar-refractivity contribution < 1.29 is 24.2 Å². The monoisotopic (exact) mass is 524 g/mol. The molecular formula is C27H33FN6O4. The largest absolute Gasteiger partial charge is 0.392 e. The predicted octanol–water partition coefficient (Wildman–Crippen LogP) is 1.25. The fourth-order valence-corrected chi connectivity index (χ4v) is 4.96. The van der Waals surface area contributed by atoms with E-state index in [0.29, 0.717) is 0 Å². The number of primary amides is 1.